The fraction of sp³-hybridized carbons (Fsp3) is 0.217. The van der Waals surface area contributed by atoms with Gasteiger partial charge in [-0.2, -0.15) is 0 Å². The van der Waals surface area contributed by atoms with Crippen molar-refractivity contribution in [2.45, 2.75) is 19.8 Å². The van der Waals surface area contributed by atoms with Gasteiger partial charge in [0.25, 0.3) is 0 Å². The number of aromatic nitrogens is 1. The fourth-order valence-electron chi connectivity index (χ4n) is 3.02. The van der Waals surface area contributed by atoms with Crippen LogP contribution in [0, 0.1) is 0 Å². The summed E-state index contributed by atoms with van der Waals surface area (Å²) in [6.07, 6.45) is -0.288. The molecule has 0 unspecified atom stereocenters. The summed E-state index contributed by atoms with van der Waals surface area (Å²) in [6, 6.07) is 11.2. The second-order valence-corrected chi connectivity index (χ2v) is 7.65. The molecule has 0 saturated carbocycles. The molecule has 8 nitrogen and oxygen atoms in total. The van der Waals surface area contributed by atoms with Crippen molar-refractivity contribution in [1.82, 2.24) is 5.16 Å². The smallest absolute Gasteiger partial charge is 0.346 e. The molecule has 10 heteroatoms. The van der Waals surface area contributed by atoms with E-state index in [0.29, 0.717) is 21.4 Å². The number of halogens is 2. The molecule has 0 aliphatic carbocycles. The summed E-state index contributed by atoms with van der Waals surface area (Å²) in [6.45, 7) is 1.77. The predicted octanol–water partition coefficient (Wildman–Crippen LogP) is 5.44. The molecule has 0 aliphatic rings. The molecule has 3 aromatic rings. The van der Waals surface area contributed by atoms with Crippen LogP contribution in [0.1, 0.15) is 40.5 Å². The van der Waals surface area contributed by atoms with Gasteiger partial charge in [-0.1, -0.05) is 40.5 Å². The number of nitrogens with one attached hydrogen (secondary N) is 1. The van der Waals surface area contributed by atoms with Gasteiger partial charge in [-0.25, -0.2) is 4.79 Å². The molecule has 0 radical (unpaired) electrons. The summed E-state index contributed by atoms with van der Waals surface area (Å²) in [7, 11) is 1.44. The lowest BCUT2D eigenvalue weighted by Gasteiger charge is -2.08. The summed E-state index contributed by atoms with van der Waals surface area (Å²) in [5.74, 6) is -1.39. The van der Waals surface area contributed by atoms with E-state index in [1.807, 2.05) is 0 Å². The summed E-state index contributed by atoms with van der Waals surface area (Å²) in [5, 5.41) is 7.29. The quantitative estimate of drug-likeness (QED) is 0.314. The number of ether oxygens (including phenoxy) is 2. The molecule has 33 heavy (non-hydrogen) atoms. The zero-order valence-corrected chi connectivity index (χ0v) is 19.3. The van der Waals surface area contributed by atoms with Gasteiger partial charge in [-0.15, -0.1) is 0 Å². The van der Waals surface area contributed by atoms with Crippen molar-refractivity contribution >= 4 is 46.7 Å². The van der Waals surface area contributed by atoms with E-state index >= 15 is 0 Å². The zero-order valence-electron chi connectivity index (χ0n) is 17.8. The largest absolute Gasteiger partial charge is 0.496 e. The van der Waals surface area contributed by atoms with Crippen LogP contribution < -0.4 is 10.1 Å². The van der Waals surface area contributed by atoms with E-state index in [-0.39, 0.29) is 47.9 Å². The van der Waals surface area contributed by atoms with Crippen molar-refractivity contribution in [1.29, 1.82) is 0 Å². The van der Waals surface area contributed by atoms with Gasteiger partial charge in [-0.05, 0) is 37.3 Å². The first-order valence-corrected chi connectivity index (χ1v) is 10.7. The Labute approximate surface area is 199 Å². The first-order chi connectivity index (χ1) is 15.8. The van der Waals surface area contributed by atoms with Gasteiger partial charge in [0.15, 0.2) is 11.3 Å². The lowest BCUT2D eigenvalue weighted by Crippen LogP contribution is -2.16. The first-order valence-electron chi connectivity index (χ1n) is 9.93. The number of carbonyl (C=O) groups excluding carboxylic acids is 3. The van der Waals surface area contributed by atoms with Crippen LogP contribution >= 0.6 is 23.2 Å². The van der Waals surface area contributed by atoms with E-state index in [4.69, 9.17) is 37.2 Å². The molecule has 1 aromatic heterocycles. The molecular weight excluding hydrogens is 471 g/mol. The molecule has 0 spiro atoms. The minimum atomic E-state index is -0.709. The Morgan fingerprint density at radius 2 is 1.73 bits per heavy atom. The number of esters is 1. The number of anilines is 1. The van der Waals surface area contributed by atoms with Gasteiger partial charge in [0.1, 0.15) is 11.4 Å². The van der Waals surface area contributed by atoms with E-state index in [1.54, 1.807) is 43.3 Å². The van der Waals surface area contributed by atoms with Gasteiger partial charge in [0.2, 0.25) is 11.8 Å². The molecule has 0 atom stereocenters. The van der Waals surface area contributed by atoms with Crippen LogP contribution in [0.4, 0.5) is 5.88 Å². The predicted molar refractivity (Wildman–Crippen MR) is 123 cm³/mol. The summed E-state index contributed by atoms with van der Waals surface area (Å²) in [5.41, 5.74) is 0.986. The van der Waals surface area contributed by atoms with Crippen LogP contribution in [0.2, 0.25) is 10.0 Å². The summed E-state index contributed by atoms with van der Waals surface area (Å²) < 4.78 is 15.5. The average Bonchev–Trinajstić information content (AvgIpc) is 3.21. The SMILES string of the molecule is CCOC(=O)c1c(-c2ccc(Cl)cc2)noc1NC(=O)CCC(=O)c1cc(Cl)ccc1OC. The van der Waals surface area contributed by atoms with Gasteiger partial charge in [0, 0.05) is 28.5 Å². The molecule has 1 heterocycles. The van der Waals surface area contributed by atoms with E-state index in [2.05, 4.69) is 10.5 Å². The highest BCUT2D eigenvalue weighted by molar-refractivity contribution is 6.31. The molecule has 3 rings (SSSR count). The number of hydrogen-bond acceptors (Lipinski definition) is 7. The highest BCUT2D eigenvalue weighted by Crippen LogP contribution is 2.31. The maximum Gasteiger partial charge on any atom is 0.346 e. The molecular formula is C23H20Cl2N2O6. The fourth-order valence-corrected chi connectivity index (χ4v) is 3.32. The first kappa shape index (κ1) is 24.3. The van der Waals surface area contributed by atoms with E-state index in [0.717, 1.165) is 0 Å². The van der Waals surface area contributed by atoms with Gasteiger partial charge in [0.05, 0.1) is 19.3 Å². The highest BCUT2D eigenvalue weighted by atomic mass is 35.5. The Morgan fingerprint density at radius 3 is 2.39 bits per heavy atom. The number of carbonyl (C=O) groups is 3. The van der Waals surface area contributed by atoms with Crippen LogP contribution in [-0.2, 0) is 9.53 Å². The standard InChI is InChI=1S/C23H20Cl2N2O6/c1-3-32-23(30)20-21(13-4-6-14(24)7-5-13)27-33-22(20)26-19(29)11-9-17(28)16-12-15(25)8-10-18(16)31-2/h4-8,10,12H,3,9,11H2,1-2H3,(H,26,29). The second-order valence-electron chi connectivity index (χ2n) is 6.78. The van der Waals surface area contributed by atoms with Gasteiger partial charge >= 0.3 is 5.97 Å². The number of benzene rings is 2. The lowest BCUT2D eigenvalue weighted by molar-refractivity contribution is -0.116. The third-order valence-electron chi connectivity index (χ3n) is 4.58. The van der Waals surface area contributed by atoms with Crippen molar-refractivity contribution in [2.75, 3.05) is 19.0 Å². The van der Waals surface area contributed by atoms with Gasteiger partial charge < -0.3 is 14.0 Å². The van der Waals surface area contributed by atoms with Crippen molar-refractivity contribution in [3.8, 4) is 17.0 Å². The second kappa shape index (κ2) is 11.0. The normalized spacial score (nSPS) is 10.5. The number of amides is 1. The molecule has 1 N–H and O–H groups in total. The monoisotopic (exact) mass is 490 g/mol. The minimum absolute atomic E-state index is 0.0321. The topological polar surface area (TPSA) is 108 Å². The zero-order chi connectivity index (χ0) is 24.0. The Bertz CT molecular complexity index is 1170. The van der Waals surface area contributed by atoms with Gasteiger partial charge in [-0.3, -0.25) is 14.9 Å². The number of Topliss-reactive ketones (excluding diaryl/α,β-unsaturated/α-hetero) is 1. The van der Waals surface area contributed by atoms with Crippen LogP contribution in [0.25, 0.3) is 11.3 Å². The number of methoxy groups -OCH3 is 1. The third kappa shape index (κ3) is 5.91. The highest BCUT2D eigenvalue weighted by Gasteiger charge is 2.27. The Morgan fingerprint density at radius 1 is 1.03 bits per heavy atom. The van der Waals surface area contributed by atoms with Crippen molar-refractivity contribution in [2.24, 2.45) is 0 Å². The van der Waals surface area contributed by atoms with Crippen molar-refractivity contribution < 1.29 is 28.4 Å². The molecule has 0 bridgehead atoms. The average molecular weight is 491 g/mol. The Balaban J connectivity index is 1.76. The Hall–Kier alpha value is -3.36. The number of ketones is 1. The number of nitrogens with zero attached hydrogens (tertiary/aromatic N) is 1. The molecule has 172 valence electrons. The van der Waals surface area contributed by atoms with Crippen LogP contribution in [0.15, 0.2) is 47.0 Å². The minimum Gasteiger partial charge on any atom is -0.496 e. The van der Waals surface area contributed by atoms with E-state index in [9.17, 15) is 14.4 Å². The molecule has 0 fully saturated rings. The lowest BCUT2D eigenvalue weighted by atomic mass is 10.1. The molecule has 0 aliphatic heterocycles. The summed E-state index contributed by atoms with van der Waals surface area (Å²) in [4.78, 5) is 37.6. The van der Waals surface area contributed by atoms with Crippen molar-refractivity contribution in [3.05, 3.63) is 63.6 Å². The molecule has 1 amide bonds. The van der Waals surface area contributed by atoms with Crippen LogP contribution in [-0.4, -0.2) is 36.5 Å². The number of hydrogen-bond donors (Lipinski definition) is 1. The van der Waals surface area contributed by atoms with Crippen LogP contribution in [0.3, 0.4) is 0 Å². The maximum atomic E-state index is 12.6. The third-order valence-corrected chi connectivity index (χ3v) is 5.07. The van der Waals surface area contributed by atoms with Crippen LogP contribution in [0.5, 0.6) is 5.75 Å². The van der Waals surface area contributed by atoms with E-state index < -0.39 is 11.9 Å². The Kier molecular flexibility index (Phi) is 8.08. The van der Waals surface area contributed by atoms with Crippen molar-refractivity contribution in [3.63, 3.8) is 0 Å². The number of rotatable bonds is 9. The molecule has 0 saturated heterocycles. The molecule has 2 aromatic carbocycles. The van der Waals surface area contributed by atoms with E-state index in [1.165, 1.54) is 13.2 Å². The summed E-state index contributed by atoms with van der Waals surface area (Å²) >= 11 is 11.9. The maximum absolute atomic E-state index is 12.6.